The van der Waals surface area contributed by atoms with Crippen molar-refractivity contribution in [1.82, 2.24) is 34.4 Å². The average Bonchev–Trinajstić information content (AvgIpc) is 3.88. The molecule has 11 heteroatoms. The van der Waals surface area contributed by atoms with Crippen LogP contribution in [0.25, 0.3) is 44.3 Å². The Balaban J connectivity index is 1.05. The second-order valence-corrected chi connectivity index (χ2v) is 14.0. The van der Waals surface area contributed by atoms with E-state index in [-0.39, 0.29) is 29.3 Å². The zero-order valence-electron chi connectivity index (χ0n) is 26.6. The highest BCUT2D eigenvalue weighted by molar-refractivity contribution is 6.06. The van der Waals surface area contributed by atoms with E-state index in [1.54, 1.807) is 7.11 Å². The molecule has 3 fully saturated rings. The Morgan fingerprint density at radius 3 is 2.65 bits per heavy atom. The topological polar surface area (TPSA) is 112 Å². The molecule has 238 valence electrons. The summed E-state index contributed by atoms with van der Waals surface area (Å²) in [6, 6.07) is 6.56. The third-order valence-electron chi connectivity index (χ3n) is 11.2. The number of likely N-dealkylation sites (tertiary alicyclic amines) is 1. The van der Waals surface area contributed by atoms with Gasteiger partial charge in [-0.05, 0) is 68.1 Å². The Hall–Kier alpha value is -4.22. The Labute approximate surface area is 266 Å². The number of aromatic nitrogens is 6. The van der Waals surface area contributed by atoms with E-state index in [0.29, 0.717) is 19.7 Å². The van der Waals surface area contributed by atoms with Crippen LogP contribution >= 0.6 is 0 Å². The monoisotopic (exact) mass is 621 g/mol. The van der Waals surface area contributed by atoms with Gasteiger partial charge in [-0.15, -0.1) is 0 Å². The number of nitrogens with one attached hydrogen (secondary N) is 1. The lowest BCUT2D eigenvalue weighted by Crippen LogP contribution is -2.55. The summed E-state index contributed by atoms with van der Waals surface area (Å²) < 4.78 is 21.9. The first-order chi connectivity index (χ1) is 22.4. The lowest BCUT2D eigenvalue weighted by Gasteiger charge is -2.57. The molecule has 4 aromatic heterocycles. The highest BCUT2D eigenvalue weighted by Crippen LogP contribution is 2.65. The molecule has 1 N–H and O–H groups in total. The van der Waals surface area contributed by atoms with Crippen LogP contribution in [-0.2, 0) is 40.5 Å². The fraction of sp³-hybridized carbons (Fsp3) is 0.486. The molecule has 0 bridgehead atoms. The van der Waals surface area contributed by atoms with Crippen LogP contribution in [-0.4, -0.2) is 72.9 Å². The van der Waals surface area contributed by atoms with Crippen molar-refractivity contribution in [3.63, 3.8) is 0 Å². The van der Waals surface area contributed by atoms with Gasteiger partial charge in [0.05, 0.1) is 41.9 Å². The summed E-state index contributed by atoms with van der Waals surface area (Å²) in [5.74, 6) is 0. The van der Waals surface area contributed by atoms with E-state index in [0.717, 1.165) is 94.8 Å². The molecule has 2 atom stereocenters. The minimum absolute atomic E-state index is 0.0146. The predicted molar refractivity (Wildman–Crippen MR) is 172 cm³/mol. The SMILES string of the molecule is CO[C@H]1CCC[C@@H]1OC(=O)N1CCC2(CC1)CC1(C2)OCc2cnc3[nH]c(-c4cnn(C)c4)c(-c4ccc5c(cnn5C)c4)c3c21. The lowest BCUT2D eigenvalue weighted by molar-refractivity contribution is -0.181. The number of H-pyrrole nitrogens is 1. The molecule has 1 aromatic carbocycles. The lowest BCUT2D eigenvalue weighted by atomic mass is 9.53. The molecule has 0 radical (unpaired) electrons. The van der Waals surface area contributed by atoms with E-state index in [2.05, 4.69) is 33.4 Å². The van der Waals surface area contributed by atoms with E-state index < -0.39 is 0 Å². The summed E-state index contributed by atoms with van der Waals surface area (Å²) in [7, 11) is 5.62. The van der Waals surface area contributed by atoms with E-state index in [4.69, 9.17) is 19.2 Å². The van der Waals surface area contributed by atoms with Crippen molar-refractivity contribution in [2.24, 2.45) is 19.5 Å². The molecular weight excluding hydrogens is 582 g/mol. The van der Waals surface area contributed by atoms with Crippen LogP contribution in [0.4, 0.5) is 4.79 Å². The number of rotatable bonds is 4. The second kappa shape index (κ2) is 10.1. The first kappa shape index (κ1) is 28.0. The summed E-state index contributed by atoms with van der Waals surface area (Å²) in [6.07, 6.45) is 14.2. The number of methoxy groups -OCH3 is 1. The van der Waals surface area contributed by atoms with Crippen molar-refractivity contribution in [3.8, 4) is 22.4 Å². The molecule has 2 aliphatic carbocycles. The first-order valence-corrected chi connectivity index (χ1v) is 16.4. The van der Waals surface area contributed by atoms with Crippen LogP contribution in [0.2, 0.25) is 0 Å². The van der Waals surface area contributed by atoms with E-state index >= 15 is 0 Å². The normalized spacial score (nSPS) is 23.1. The Morgan fingerprint density at radius 1 is 1.04 bits per heavy atom. The number of amides is 1. The fourth-order valence-electron chi connectivity index (χ4n) is 8.94. The van der Waals surface area contributed by atoms with Crippen LogP contribution < -0.4 is 0 Å². The molecule has 1 amide bonds. The van der Waals surface area contributed by atoms with Gasteiger partial charge in [-0.3, -0.25) is 9.36 Å². The Kier molecular flexibility index (Phi) is 6.18. The van der Waals surface area contributed by atoms with Gasteiger partial charge in [0.1, 0.15) is 11.8 Å². The summed E-state index contributed by atoms with van der Waals surface area (Å²) in [6.45, 7) is 1.98. The van der Waals surface area contributed by atoms with Crippen molar-refractivity contribution in [2.75, 3.05) is 20.2 Å². The Bertz CT molecular complexity index is 1990. The quantitative estimate of drug-likeness (QED) is 0.269. The van der Waals surface area contributed by atoms with Crippen molar-refractivity contribution < 1.29 is 19.0 Å². The van der Waals surface area contributed by atoms with Gasteiger partial charge in [0.25, 0.3) is 0 Å². The number of carbonyl (C=O) groups excluding carboxylic acids is 1. The number of aryl methyl sites for hydroxylation is 2. The number of hydrogen-bond acceptors (Lipinski definition) is 7. The van der Waals surface area contributed by atoms with Gasteiger partial charge in [-0.25, -0.2) is 9.78 Å². The van der Waals surface area contributed by atoms with E-state index in [1.807, 2.05) is 53.1 Å². The number of hydrogen-bond donors (Lipinski definition) is 1. The summed E-state index contributed by atoms with van der Waals surface area (Å²) in [5, 5.41) is 11.2. The molecule has 4 aliphatic rings. The standard InChI is InChI=1S/C35H39N7O4/c1-40-17-23(16-37-40)31-28(21-7-8-25-22(13-21)15-38-41(25)2)29-30-24(14-36-32(29)39-31)18-45-35(30)19-34(20-35)9-11-42(12-10-34)33(43)46-27-6-4-5-26(27)44-3/h7-8,13-17,26-27H,4-6,9-12,18-20H2,1-3H3,(H,36,39)/t26-,27-/m0/s1. The second-order valence-electron chi connectivity index (χ2n) is 14.0. The zero-order chi connectivity index (χ0) is 31.2. The maximum absolute atomic E-state index is 13.1. The molecule has 9 rings (SSSR count). The van der Waals surface area contributed by atoms with Crippen LogP contribution in [0.5, 0.6) is 0 Å². The maximum atomic E-state index is 13.1. The van der Waals surface area contributed by atoms with Crippen LogP contribution in [0, 0.1) is 5.41 Å². The van der Waals surface area contributed by atoms with Crippen LogP contribution in [0.1, 0.15) is 56.1 Å². The summed E-state index contributed by atoms with van der Waals surface area (Å²) in [4.78, 5) is 23.6. The number of nitrogens with zero attached hydrogens (tertiary/aromatic N) is 6. The van der Waals surface area contributed by atoms with Crippen molar-refractivity contribution >= 4 is 28.0 Å². The molecule has 46 heavy (non-hydrogen) atoms. The number of carbonyl (C=O) groups is 1. The summed E-state index contributed by atoms with van der Waals surface area (Å²) >= 11 is 0. The zero-order valence-corrected chi connectivity index (χ0v) is 26.6. The third kappa shape index (κ3) is 4.17. The van der Waals surface area contributed by atoms with E-state index in [1.165, 1.54) is 5.56 Å². The van der Waals surface area contributed by atoms with Gasteiger partial charge in [0.15, 0.2) is 0 Å². The van der Waals surface area contributed by atoms with Crippen molar-refractivity contribution in [2.45, 2.75) is 69.4 Å². The minimum atomic E-state index is -0.365. The van der Waals surface area contributed by atoms with Gasteiger partial charge in [0, 0.05) is 79.7 Å². The van der Waals surface area contributed by atoms with Crippen LogP contribution in [0.3, 0.4) is 0 Å². The molecule has 6 heterocycles. The highest BCUT2D eigenvalue weighted by atomic mass is 16.6. The number of pyridine rings is 1. The number of ether oxygens (including phenoxy) is 3. The molecule has 2 aliphatic heterocycles. The molecular formula is C35H39N7O4. The molecule has 1 saturated heterocycles. The molecule has 2 spiro atoms. The number of benzene rings is 1. The Morgan fingerprint density at radius 2 is 1.87 bits per heavy atom. The number of aromatic amines is 1. The minimum Gasteiger partial charge on any atom is -0.443 e. The largest absolute Gasteiger partial charge is 0.443 e. The van der Waals surface area contributed by atoms with Gasteiger partial charge < -0.3 is 24.1 Å². The molecule has 2 saturated carbocycles. The third-order valence-corrected chi connectivity index (χ3v) is 11.2. The van der Waals surface area contributed by atoms with Crippen LogP contribution in [0.15, 0.2) is 43.0 Å². The van der Waals surface area contributed by atoms with Gasteiger partial charge in [-0.2, -0.15) is 10.2 Å². The maximum Gasteiger partial charge on any atom is 0.410 e. The summed E-state index contributed by atoms with van der Waals surface area (Å²) in [5.41, 5.74) is 8.43. The van der Waals surface area contributed by atoms with Gasteiger partial charge in [0.2, 0.25) is 0 Å². The predicted octanol–water partition coefficient (Wildman–Crippen LogP) is 5.82. The van der Waals surface area contributed by atoms with Crippen molar-refractivity contribution in [1.29, 1.82) is 0 Å². The molecule has 0 unspecified atom stereocenters. The molecule has 5 aromatic rings. The number of piperidine rings is 1. The highest BCUT2D eigenvalue weighted by Gasteiger charge is 2.60. The van der Waals surface area contributed by atoms with E-state index in [9.17, 15) is 4.79 Å². The first-order valence-electron chi connectivity index (χ1n) is 16.4. The fourth-order valence-corrected chi connectivity index (χ4v) is 8.94. The van der Waals surface area contributed by atoms with Crippen molar-refractivity contribution in [3.05, 3.63) is 54.1 Å². The number of fused-ring (bicyclic) bond motifs is 5. The smallest absolute Gasteiger partial charge is 0.410 e. The molecule has 11 nitrogen and oxygen atoms in total. The van der Waals surface area contributed by atoms with Gasteiger partial charge in [-0.1, -0.05) is 6.07 Å². The van der Waals surface area contributed by atoms with Gasteiger partial charge >= 0.3 is 6.09 Å². The average molecular weight is 622 g/mol.